The number of carboxylic acid groups (broad SMARTS) is 1. The first-order valence-electron chi connectivity index (χ1n) is 11.3. The molecule has 0 aromatic heterocycles. The van der Waals surface area contributed by atoms with Gasteiger partial charge in [-0.25, -0.2) is 0 Å². The summed E-state index contributed by atoms with van der Waals surface area (Å²) in [7, 11) is 0. The topological polar surface area (TPSA) is 77.9 Å². The quantitative estimate of drug-likeness (QED) is 0.609. The van der Waals surface area contributed by atoms with E-state index in [-0.39, 0.29) is 18.4 Å². The summed E-state index contributed by atoms with van der Waals surface area (Å²) in [5.74, 6) is -1.69. The van der Waals surface area contributed by atoms with E-state index >= 15 is 0 Å². The van der Waals surface area contributed by atoms with Gasteiger partial charge in [0, 0.05) is 25.1 Å². The van der Waals surface area contributed by atoms with E-state index in [0.29, 0.717) is 18.5 Å². The van der Waals surface area contributed by atoms with Gasteiger partial charge in [-0.3, -0.25) is 14.4 Å². The van der Waals surface area contributed by atoms with Gasteiger partial charge >= 0.3 is 5.97 Å². The van der Waals surface area contributed by atoms with Crippen molar-refractivity contribution in [3.8, 4) is 0 Å². The van der Waals surface area contributed by atoms with Crippen LogP contribution in [0.1, 0.15) is 38.2 Å². The highest BCUT2D eigenvalue weighted by molar-refractivity contribution is 5.98. The van der Waals surface area contributed by atoms with Gasteiger partial charge in [0.25, 0.3) is 5.91 Å². The molecule has 1 N–H and O–H groups in total. The second-order valence-corrected chi connectivity index (χ2v) is 8.86. The molecule has 3 aromatic carbocycles. The predicted octanol–water partition coefficient (Wildman–Crippen LogP) is 3.98. The first kappa shape index (κ1) is 23.2. The summed E-state index contributed by atoms with van der Waals surface area (Å²) in [4.78, 5) is 41.9. The summed E-state index contributed by atoms with van der Waals surface area (Å²) in [6.07, 6.45) is 0.344. The molecule has 1 heterocycles. The minimum atomic E-state index is -1.09. The largest absolute Gasteiger partial charge is 0.480 e. The number of carboxylic acids is 1. The molecule has 6 nitrogen and oxygen atoms in total. The van der Waals surface area contributed by atoms with Gasteiger partial charge in [-0.2, -0.15) is 0 Å². The van der Waals surface area contributed by atoms with E-state index in [0.717, 1.165) is 27.8 Å². The van der Waals surface area contributed by atoms with Crippen LogP contribution in [0.2, 0.25) is 0 Å². The lowest BCUT2D eigenvalue weighted by atomic mass is 9.92. The third-order valence-electron chi connectivity index (χ3n) is 6.22. The van der Waals surface area contributed by atoms with Gasteiger partial charge in [0.05, 0.1) is 0 Å². The van der Waals surface area contributed by atoms with Crippen molar-refractivity contribution < 1.29 is 19.5 Å². The zero-order chi connectivity index (χ0) is 24.2. The number of amides is 2. The lowest BCUT2D eigenvalue weighted by Crippen LogP contribution is -2.54. The van der Waals surface area contributed by atoms with E-state index in [9.17, 15) is 19.5 Å². The Balaban J connectivity index is 1.67. The second kappa shape index (κ2) is 9.91. The Hall–Kier alpha value is -3.93. The number of benzene rings is 3. The van der Waals surface area contributed by atoms with Crippen molar-refractivity contribution in [2.75, 3.05) is 6.54 Å². The van der Waals surface area contributed by atoms with Crippen LogP contribution in [0, 0.1) is 13.8 Å². The fraction of sp³-hybridized carbons (Fsp3) is 0.250. The third kappa shape index (κ3) is 5.17. The molecule has 0 saturated heterocycles. The molecular weight excluding hydrogens is 428 g/mol. The van der Waals surface area contributed by atoms with Crippen molar-refractivity contribution in [1.29, 1.82) is 0 Å². The lowest BCUT2D eigenvalue weighted by molar-refractivity contribution is -0.147. The van der Waals surface area contributed by atoms with Crippen LogP contribution >= 0.6 is 0 Å². The Kier molecular flexibility index (Phi) is 6.77. The number of aryl methyl sites for hydroxylation is 2. The van der Waals surface area contributed by atoms with Crippen molar-refractivity contribution in [2.45, 2.75) is 39.4 Å². The molecule has 0 spiro atoms. The summed E-state index contributed by atoms with van der Waals surface area (Å²) in [6.45, 7) is 3.95. The summed E-state index contributed by atoms with van der Waals surface area (Å²) in [5, 5.41) is 9.52. The molecule has 2 amide bonds. The smallest absolute Gasteiger partial charge is 0.323 e. The standard InChI is InChI=1S/C28H28N2O4/c1-19-7-11-21(12-8-19)16-29(18-26(31)32)28(34)25-15-23-5-3-4-6-24(23)17-30(25)27(33)22-13-9-20(2)10-14-22/h3-14,25H,15-18H2,1-2H3,(H,31,32)/t25-/m0/s1. The van der Waals surface area contributed by atoms with Crippen molar-refractivity contribution in [2.24, 2.45) is 0 Å². The number of fused-ring (bicyclic) bond motifs is 1. The Bertz CT molecular complexity index is 1200. The van der Waals surface area contributed by atoms with Gasteiger partial charge in [-0.15, -0.1) is 0 Å². The molecule has 0 saturated carbocycles. The molecule has 0 unspecified atom stereocenters. The van der Waals surface area contributed by atoms with Gasteiger partial charge in [-0.05, 0) is 42.7 Å². The minimum Gasteiger partial charge on any atom is -0.480 e. The van der Waals surface area contributed by atoms with E-state index < -0.39 is 18.6 Å². The third-order valence-corrected chi connectivity index (χ3v) is 6.22. The van der Waals surface area contributed by atoms with Crippen molar-refractivity contribution in [1.82, 2.24) is 9.80 Å². The molecule has 3 aromatic rings. The lowest BCUT2D eigenvalue weighted by Gasteiger charge is -2.38. The molecule has 6 heteroatoms. The first-order valence-corrected chi connectivity index (χ1v) is 11.3. The van der Waals surface area contributed by atoms with Crippen molar-refractivity contribution in [3.05, 3.63) is 106 Å². The zero-order valence-corrected chi connectivity index (χ0v) is 19.4. The first-order chi connectivity index (χ1) is 16.3. The normalized spacial score (nSPS) is 14.9. The summed E-state index contributed by atoms with van der Waals surface area (Å²) in [5.41, 5.74) is 5.46. The summed E-state index contributed by atoms with van der Waals surface area (Å²) >= 11 is 0. The Morgan fingerprint density at radius 3 is 2.09 bits per heavy atom. The van der Waals surface area contributed by atoms with E-state index in [2.05, 4.69) is 0 Å². The van der Waals surface area contributed by atoms with Crippen LogP contribution in [0.25, 0.3) is 0 Å². The Labute approximate surface area is 199 Å². The molecule has 174 valence electrons. The van der Waals surface area contributed by atoms with Crippen LogP contribution in [0.4, 0.5) is 0 Å². The van der Waals surface area contributed by atoms with Gasteiger partial charge in [0.2, 0.25) is 5.91 Å². The molecular formula is C28H28N2O4. The second-order valence-electron chi connectivity index (χ2n) is 8.86. The number of aliphatic carboxylic acids is 1. The number of carbonyl (C=O) groups excluding carboxylic acids is 2. The summed E-state index contributed by atoms with van der Waals surface area (Å²) < 4.78 is 0. The van der Waals surface area contributed by atoms with Crippen molar-refractivity contribution in [3.63, 3.8) is 0 Å². The molecule has 1 aliphatic rings. The maximum Gasteiger partial charge on any atom is 0.323 e. The van der Waals surface area contributed by atoms with Crippen LogP contribution in [0.3, 0.4) is 0 Å². The van der Waals surface area contributed by atoms with E-state index in [4.69, 9.17) is 0 Å². The fourth-order valence-electron chi connectivity index (χ4n) is 4.32. The van der Waals surface area contributed by atoms with Crippen molar-refractivity contribution >= 4 is 17.8 Å². The number of rotatable bonds is 6. The van der Waals surface area contributed by atoms with E-state index in [1.54, 1.807) is 17.0 Å². The number of carbonyl (C=O) groups is 3. The zero-order valence-electron chi connectivity index (χ0n) is 19.4. The molecule has 1 aliphatic heterocycles. The molecule has 0 aliphatic carbocycles. The maximum absolute atomic E-state index is 13.8. The Morgan fingerprint density at radius 1 is 0.882 bits per heavy atom. The Morgan fingerprint density at radius 2 is 1.47 bits per heavy atom. The molecule has 0 bridgehead atoms. The average Bonchev–Trinajstić information content (AvgIpc) is 2.83. The van der Waals surface area contributed by atoms with E-state index in [1.807, 2.05) is 74.5 Å². The van der Waals surface area contributed by atoms with Gasteiger partial charge < -0.3 is 14.9 Å². The summed E-state index contributed by atoms with van der Waals surface area (Å²) in [6, 6.07) is 21.9. The highest BCUT2D eigenvalue weighted by Gasteiger charge is 2.37. The number of hydrogen-bond acceptors (Lipinski definition) is 3. The maximum atomic E-state index is 13.8. The fourth-order valence-corrected chi connectivity index (χ4v) is 4.32. The van der Waals surface area contributed by atoms with Gasteiger partial charge in [0.1, 0.15) is 12.6 Å². The molecule has 0 radical (unpaired) electrons. The van der Waals surface area contributed by atoms with Crippen LogP contribution < -0.4 is 0 Å². The van der Waals surface area contributed by atoms with Gasteiger partial charge in [-0.1, -0.05) is 71.8 Å². The molecule has 4 rings (SSSR count). The van der Waals surface area contributed by atoms with Gasteiger partial charge in [0.15, 0.2) is 0 Å². The number of hydrogen-bond donors (Lipinski definition) is 1. The number of nitrogens with zero attached hydrogens (tertiary/aromatic N) is 2. The van der Waals surface area contributed by atoms with Crippen LogP contribution in [-0.2, 0) is 29.1 Å². The van der Waals surface area contributed by atoms with Crippen LogP contribution in [-0.4, -0.2) is 45.3 Å². The van der Waals surface area contributed by atoms with Crippen LogP contribution in [0.15, 0.2) is 72.8 Å². The molecule has 34 heavy (non-hydrogen) atoms. The highest BCUT2D eigenvalue weighted by Crippen LogP contribution is 2.27. The minimum absolute atomic E-state index is 0.163. The van der Waals surface area contributed by atoms with Crippen LogP contribution in [0.5, 0.6) is 0 Å². The monoisotopic (exact) mass is 456 g/mol. The highest BCUT2D eigenvalue weighted by atomic mass is 16.4. The predicted molar refractivity (Wildman–Crippen MR) is 129 cm³/mol. The molecule has 0 fully saturated rings. The van der Waals surface area contributed by atoms with E-state index in [1.165, 1.54) is 4.90 Å². The SMILES string of the molecule is Cc1ccc(CN(CC(=O)O)C(=O)[C@@H]2Cc3ccccc3CN2C(=O)c2ccc(C)cc2)cc1. The molecule has 1 atom stereocenters. The average molecular weight is 457 g/mol.